The molecule has 1 atom stereocenters. The molecule has 1 amide bonds. The highest BCUT2D eigenvalue weighted by Crippen LogP contribution is 2.20. The highest BCUT2D eigenvalue weighted by molar-refractivity contribution is 5.95. The molecule has 274 valence electrons. The van der Waals surface area contributed by atoms with E-state index in [4.69, 9.17) is 18.9 Å². The lowest BCUT2D eigenvalue weighted by Gasteiger charge is -2.16. The lowest BCUT2D eigenvalue weighted by atomic mass is 10.1. The molecule has 0 aliphatic rings. The molecule has 4 aromatic rings. The largest absolute Gasteiger partial charge is 0.494 e. The Bertz CT molecular complexity index is 1600. The first-order valence-electron chi connectivity index (χ1n) is 17.3. The van der Waals surface area contributed by atoms with Crippen LogP contribution in [0.5, 0.6) is 5.75 Å². The zero-order valence-electron chi connectivity index (χ0n) is 29.7. The Labute approximate surface area is 299 Å². The summed E-state index contributed by atoms with van der Waals surface area (Å²) in [5.74, 6) is 1.75. The molecular formula is C37H49N7O7. The van der Waals surface area contributed by atoms with E-state index in [9.17, 15) is 9.59 Å². The van der Waals surface area contributed by atoms with Gasteiger partial charge in [-0.2, -0.15) is 0 Å². The zero-order valence-corrected chi connectivity index (χ0v) is 29.7. The summed E-state index contributed by atoms with van der Waals surface area (Å²) in [5, 5.41) is 15.0. The summed E-state index contributed by atoms with van der Waals surface area (Å²) in [7, 11) is 3.25. The predicted molar refractivity (Wildman–Crippen MR) is 191 cm³/mol. The minimum Gasteiger partial charge on any atom is -0.494 e. The van der Waals surface area contributed by atoms with E-state index in [1.807, 2.05) is 61.0 Å². The first-order valence-corrected chi connectivity index (χ1v) is 17.3. The van der Waals surface area contributed by atoms with Gasteiger partial charge in [-0.15, -0.1) is 10.2 Å². The average molecular weight is 704 g/mol. The number of nitrogens with zero attached hydrogens (tertiary/aromatic N) is 5. The summed E-state index contributed by atoms with van der Waals surface area (Å²) in [6.45, 7) is 6.05. The number of unbranched alkanes of at least 4 members (excludes halogenated alkanes) is 3. The van der Waals surface area contributed by atoms with Crippen LogP contribution in [0.1, 0.15) is 66.8 Å². The van der Waals surface area contributed by atoms with Crippen LogP contribution in [0.2, 0.25) is 0 Å². The third-order valence-corrected chi connectivity index (χ3v) is 7.95. The standard InChI is InChI=1S/C37H49N7O7/c1-28(41-37(46)30-9-8-10-31(25-30)39-26-34-42-43-36(44(34)2)33-15-17-38-27-40-33)29-11-13-32(14-12-29)51-19-7-5-4-6-18-48-21-23-50-24-22-49-20-16-35(45)47-3/h8-15,17,25,27-28,39H,4-7,16,18-24,26H2,1-3H3,(H,41,46)/t28-/m1/s1. The van der Waals surface area contributed by atoms with Gasteiger partial charge in [-0.05, 0) is 68.1 Å². The lowest BCUT2D eigenvalue weighted by Crippen LogP contribution is -2.26. The molecule has 0 bridgehead atoms. The van der Waals surface area contributed by atoms with E-state index in [0.717, 1.165) is 48.5 Å². The van der Waals surface area contributed by atoms with E-state index >= 15 is 0 Å². The summed E-state index contributed by atoms with van der Waals surface area (Å²) in [4.78, 5) is 32.3. The molecular weight excluding hydrogens is 654 g/mol. The van der Waals surface area contributed by atoms with Crippen molar-refractivity contribution >= 4 is 17.6 Å². The van der Waals surface area contributed by atoms with E-state index in [1.165, 1.54) is 13.4 Å². The molecule has 2 heterocycles. The van der Waals surface area contributed by atoms with Crippen molar-refractivity contribution in [3.8, 4) is 17.3 Å². The van der Waals surface area contributed by atoms with Gasteiger partial charge in [0.1, 0.15) is 17.8 Å². The Hall–Kier alpha value is -4.92. The molecule has 0 aliphatic carbocycles. The van der Waals surface area contributed by atoms with E-state index in [-0.39, 0.29) is 24.3 Å². The second kappa shape index (κ2) is 22.0. The molecule has 0 radical (unpaired) electrons. The van der Waals surface area contributed by atoms with Crippen molar-refractivity contribution in [2.75, 3.05) is 58.7 Å². The van der Waals surface area contributed by atoms with Crippen molar-refractivity contribution < 1.29 is 33.3 Å². The van der Waals surface area contributed by atoms with Crippen molar-refractivity contribution in [1.82, 2.24) is 30.0 Å². The number of anilines is 1. The molecule has 0 fully saturated rings. The van der Waals surface area contributed by atoms with Gasteiger partial charge in [0.15, 0.2) is 11.6 Å². The molecule has 4 rings (SSSR count). The van der Waals surface area contributed by atoms with Crippen LogP contribution in [0.25, 0.3) is 11.5 Å². The number of hydrogen-bond acceptors (Lipinski definition) is 12. The minimum atomic E-state index is -0.279. The quantitative estimate of drug-likeness (QED) is 0.0750. The number of aromatic nitrogens is 5. The lowest BCUT2D eigenvalue weighted by molar-refractivity contribution is -0.141. The molecule has 14 heteroatoms. The first kappa shape index (κ1) is 38.9. The fourth-order valence-electron chi connectivity index (χ4n) is 4.98. The molecule has 2 aromatic carbocycles. The summed E-state index contributed by atoms with van der Waals surface area (Å²) in [5.41, 5.74) is 3.04. The maximum atomic E-state index is 13.1. The second-order valence-electron chi connectivity index (χ2n) is 11.7. The summed E-state index contributed by atoms with van der Waals surface area (Å²) >= 11 is 0. The number of benzene rings is 2. The van der Waals surface area contributed by atoms with Crippen molar-refractivity contribution in [2.45, 2.75) is 51.6 Å². The molecule has 0 saturated carbocycles. The minimum absolute atomic E-state index is 0.162. The summed E-state index contributed by atoms with van der Waals surface area (Å²) in [6.07, 6.45) is 7.48. The van der Waals surface area contributed by atoms with Crippen LogP contribution >= 0.6 is 0 Å². The van der Waals surface area contributed by atoms with Gasteiger partial charge in [0.2, 0.25) is 0 Å². The Balaban J connectivity index is 1.05. The molecule has 0 spiro atoms. The zero-order chi connectivity index (χ0) is 36.1. The number of ether oxygens (including phenoxy) is 5. The summed E-state index contributed by atoms with van der Waals surface area (Å²) in [6, 6.07) is 16.8. The Morgan fingerprint density at radius 1 is 0.843 bits per heavy atom. The van der Waals surface area contributed by atoms with E-state index in [2.05, 4.69) is 35.5 Å². The fraction of sp³-hybridized carbons (Fsp3) is 0.459. The summed E-state index contributed by atoms with van der Waals surface area (Å²) < 4.78 is 28.7. The van der Waals surface area contributed by atoms with E-state index < -0.39 is 0 Å². The first-order chi connectivity index (χ1) is 24.9. The number of rotatable bonds is 24. The van der Waals surface area contributed by atoms with E-state index in [1.54, 1.807) is 18.3 Å². The van der Waals surface area contributed by atoms with E-state index in [0.29, 0.717) is 69.9 Å². The number of hydrogen-bond donors (Lipinski definition) is 2. The predicted octanol–water partition coefficient (Wildman–Crippen LogP) is 4.93. The number of methoxy groups -OCH3 is 1. The monoisotopic (exact) mass is 703 g/mol. The topological polar surface area (TPSA) is 161 Å². The molecule has 0 saturated heterocycles. The van der Waals surface area contributed by atoms with Gasteiger partial charge in [0.25, 0.3) is 5.91 Å². The fourth-order valence-corrected chi connectivity index (χ4v) is 4.98. The Morgan fingerprint density at radius 3 is 2.29 bits per heavy atom. The van der Waals surface area contributed by atoms with Gasteiger partial charge in [-0.1, -0.05) is 24.6 Å². The van der Waals surface area contributed by atoms with Crippen molar-refractivity contribution in [1.29, 1.82) is 0 Å². The van der Waals surface area contributed by atoms with Gasteiger partial charge in [0.05, 0.1) is 65.8 Å². The third-order valence-electron chi connectivity index (χ3n) is 7.95. The maximum absolute atomic E-state index is 13.1. The highest BCUT2D eigenvalue weighted by Gasteiger charge is 2.14. The van der Waals surface area contributed by atoms with Crippen LogP contribution in [-0.4, -0.2) is 90.0 Å². The molecule has 51 heavy (non-hydrogen) atoms. The average Bonchev–Trinajstić information content (AvgIpc) is 3.53. The van der Waals surface area contributed by atoms with Crippen LogP contribution in [0.4, 0.5) is 5.69 Å². The number of nitrogens with one attached hydrogen (secondary N) is 2. The SMILES string of the molecule is COC(=O)CCOCCOCCOCCCCCCOc1ccc([C@@H](C)NC(=O)c2cccc(NCc3nnc(-c4ccncn4)n3C)c2)cc1. The van der Waals surface area contributed by atoms with Crippen LogP contribution < -0.4 is 15.4 Å². The highest BCUT2D eigenvalue weighted by atomic mass is 16.5. The van der Waals surface area contributed by atoms with Crippen LogP contribution in [0.3, 0.4) is 0 Å². The van der Waals surface area contributed by atoms with Crippen molar-refractivity contribution in [3.63, 3.8) is 0 Å². The van der Waals surface area contributed by atoms with Crippen LogP contribution in [0, 0.1) is 0 Å². The number of amides is 1. The molecule has 0 aliphatic heterocycles. The smallest absolute Gasteiger partial charge is 0.307 e. The van der Waals surface area contributed by atoms with Gasteiger partial charge in [-0.25, -0.2) is 9.97 Å². The maximum Gasteiger partial charge on any atom is 0.307 e. The Kier molecular flexibility index (Phi) is 16.8. The number of carbonyl (C=O) groups is 2. The number of carbonyl (C=O) groups excluding carboxylic acids is 2. The second-order valence-corrected chi connectivity index (χ2v) is 11.7. The number of esters is 1. The molecule has 14 nitrogen and oxygen atoms in total. The molecule has 2 aromatic heterocycles. The van der Waals surface area contributed by atoms with Gasteiger partial charge in [0, 0.05) is 31.1 Å². The third kappa shape index (κ3) is 13.7. The van der Waals surface area contributed by atoms with Gasteiger partial charge in [-0.3, -0.25) is 9.59 Å². The van der Waals surface area contributed by atoms with Crippen molar-refractivity contribution in [2.24, 2.45) is 7.05 Å². The molecule has 2 N–H and O–H groups in total. The van der Waals surface area contributed by atoms with Gasteiger partial charge < -0.3 is 38.9 Å². The van der Waals surface area contributed by atoms with Crippen LogP contribution in [-0.2, 0) is 37.3 Å². The van der Waals surface area contributed by atoms with Crippen LogP contribution in [0.15, 0.2) is 67.1 Å². The van der Waals surface area contributed by atoms with Crippen molar-refractivity contribution in [3.05, 3.63) is 84.1 Å². The molecule has 0 unspecified atom stereocenters. The Morgan fingerprint density at radius 2 is 1.57 bits per heavy atom. The normalized spacial score (nSPS) is 11.6. The van der Waals surface area contributed by atoms with Gasteiger partial charge >= 0.3 is 5.97 Å².